The topological polar surface area (TPSA) is 155 Å². The second-order valence-corrected chi connectivity index (χ2v) is 9.21. The Morgan fingerprint density at radius 3 is 2.71 bits per heavy atom. The molecule has 0 bridgehead atoms. The quantitative estimate of drug-likeness (QED) is 0.564. The van der Waals surface area contributed by atoms with E-state index in [1.165, 1.54) is 6.20 Å². The molecule has 11 nitrogen and oxygen atoms in total. The fourth-order valence-electron chi connectivity index (χ4n) is 4.83. The number of aromatic nitrogens is 4. The molecular weight excluding hydrogens is 436 g/mol. The maximum atomic E-state index is 13.0. The molecule has 3 aromatic rings. The number of rotatable bonds is 6. The molecule has 0 aromatic carbocycles. The maximum Gasteiger partial charge on any atom is 0.252 e. The minimum absolute atomic E-state index is 0.103. The van der Waals surface area contributed by atoms with E-state index in [1.54, 1.807) is 15.6 Å². The van der Waals surface area contributed by atoms with E-state index in [9.17, 15) is 14.9 Å². The molecule has 0 unspecified atom stereocenters. The molecule has 1 aliphatic carbocycles. The number of fused-ring (bicyclic) bond motifs is 1. The van der Waals surface area contributed by atoms with Gasteiger partial charge in [0.15, 0.2) is 5.65 Å². The van der Waals surface area contributed by atoms with Crippen molar-refractivity contribution in [3.63, 3.8) is 0 Å². The Bertz CT molecular complexity index is 1330. The van der Waals surface area contributed by atoms with Crippen LogP contribution in [0.5, 0.6) is 0 Å². The second-order valence-electron chi connectivity index (χ2n) is 9.21. The van der Waals surface area contributed by atoms with Crippen LogP contribution < -0.4 is 11.1 Å². The van der Waals surface area contributed by atoms with E-state index < -0.39 is 11.3 Å². The fraction of sp³-hybridized carbons (Fsp3) is 0.478. The van der Waals surface area contributed by atoms with Gasteiger partial charge in [0.05, 0.1) is 46.7 Å². The van der Waals surface area contributed by atoms with Crippen LogP contribution >= 0.6 is 0 Å². The third-order valence-electron chi connectivity index (χ3n) is 7.00. The Labute approximate surface area is 195 Å². The lowest BCUT2D eigenvalue weighted by atomic mass is 10.0. The van der Waals surface area contributed by atoms with Gasteiger partial charge in [-0.25, -0.2) is 9.50 Å². The van der Waals surface area contributed by atoms with Gasteiger partial charge >= 0.3 is 0 Å². The van der Waals surface area contributed by atoms with Crippen LogP contribution in [0.1, 0.15) is 48.0 Å². The van der Waals surface area contributed by atoms with Crippen LogP contribution in [0, 0.1) is 36.5 Å². The standard InChI is InChI=1S/C23H26N8O3/c1-4-14-8-30(22(33)23(11-24)5-6-23)9-16(14)27-19-15(20(25)32)7-26-31-10-17(28-21(19)31)18-12(2)29-34-13(18)3/h7,10,14,16,27H,4-6,8-9H2,1-3H3,(H2,25,32)/t14-,16+/m0/s1. The predicted molar refractivity (Wildman–Crippen MR) is 122 cm³/mol. The Hall–Kier alpha value is -3.94. The van der Waals surface area contributed by atoms with Gasteiger partial charge in [0.25, 0.3) is 5.91 Å². The Morgan fingerprint density at radius 2 is 2.12 bits per heavy atom. The highest BCUT2D eigenvalue weighted by Gasteiger charge is 2.54. The number of nitriles is 1. The zero-order valence-corrected chi connectivity index (χ0v) is 19.3. The number of carbonyl (C=O) groups is 2. The predicted octanol–water partition coefficient (Wildman–Crippen LogP) is 2.05. The van der Waals surface area contributed by atoms with Crippen molar-refractivity contribution in [1.82, 2.24) is 24.7 Å². The number of nitrogens with one attached hydrogen (secondary N) is 1. The van der Waals surface area contributed by atoms with E-state index in [0.29, 0.717) is 54.4 Å². The zero-order chi connectivity index (χ0) is 24.2. The molecule has 2 fully saturated rings. The normalized spacial score (nSPS) is 20.9. The van der Waals surface area contributed by atoms with Crippen LogP contribution in [0.2, 0.25) is 0 Å². The molecule has 5 rings (SSSR count). The van der Waals surface area contributed by atoms with Crippen molar-refractivity contribution in [2.45, 2.75) is 46.1 Å². The van der Waals surface area contributed by atoms with Gasteiger partial charge in [0, 0.05) is 19.1 Å². The summed E-state index contributed by atoms with van der Waals surface area (Å²) in [5.41, 5.74) is 8.05. The average molecular weight is 463 g/mol. The summed E-state index contributed by atoms with van der Waals surface area (Å²) in [7, 11) is 0. The number of hydrogen-bond acceptors (Lipinski definition) is 8. The number of imidazole rings is 1. The molecular formula is C23H26N8O3. The van der Waals surface area contributed by atoms with E-state index in [0.717, 1.165) is 12.0 Å². The molecule has 11 heteroatoms. The van der Waals surface area contributed by atoms with Crippen LogP contribution in [0.4, 0.5) is 5.69 Å². The summed E-state index contributed by atoms with van der Waals surface area (Å²) in [6, 6.07) is 2.06. The molecule has 3 aromatic heterocycles. The van der Waals surface area contributed by atoms with Gasteiger partial charge in [-0.05, 0) is 39.0 Å². The molecule has 34 heavy (non-hydrogen) atoms. The van der Waals surface area contributed by atoms with Crippen molar-refractivity contribution >= 4 is 23.1 Å². The van der Waals surface area contributed by atoms with Gasteiger partial charge in [0.2, 0.25) is 5.91 Å². The number of primary amides is 1. The molecule has 4 heterocycles. The molecule has 176 valence electrons. The molecule has 2 aliphatic rings. The van der Waals surface area contributed by atoms with E-state index in [2.05, 4.69) is 28.6 Å². The van der Waals surface area contributed by atoms with E-state index in [4.69, 9.17) is 15.2 Å². The largest absolute Gasteiger partial charge is 0.376 e. The third kappa shape index (κ3) is 3.37. The van der Waals surface area contributed by atoms with Crippen molar-refractivity contribution < 1.29 is 14.1 Å². The third-order valence-corrected chi connectivity index (χ3v) is 7.00. The summed E-state index contributed by atoms with van der Waals surface area (Å²) in [6.45, 7) is 6.70. The summed E-state index contributed by atoms with van der Waals surface area (Å²) in [5, 5.41) is 21.2. The molecule has 0 radical (unpaired) electrons. The number of likely N-dealkylation sites (tertiary alicyclic amines) is 1. The van der Waals surface area contributed by atoms with Gasteiger partial charge < -0.3 is 20.5 Å². The van der Waals surface area contributed by atoms with E-state index in [-0.39, 0.29) is 23.4 Å². The zero-order valence-electron chi connectivity index (χ0n) is 19.3. The number of anilines is 1. The van der Waals surface area contributed by atoms with Crippen LogP contribution in [-0.2, 0) is 4.79 Å². The first-order chi connectivity index (χ1) is 16.3. The molecule has 1 aliphatic heterocycles. The smallest absolute Gasteiger partial charge is 0.252 e. The first-order valence-corrected chi connectivity index (χ1v) is 11.4. The van der Waals surface area contributed by atoms with Gasteiger partial charge in [-0.1, -0.05) is 12.1 Å². The van der Waals surface area contributed by atoms with Crippen molar-refractivity contribution in [3.8, 4) is 17.3 Å². The van der Waals surface area contributed by atoms with Gasteiger partial charge in [0.1, 0.15) is 11.2 Å². The summed E-state index contributed by atoms with van der Waals surface area (Å²) in [4.78, 5) is 31.7. The molecule has 0 spiro atoms. The first kappa shape index (κ1) is 21.9. The number of carbonyl (C=O) groups excluding carboxylic acids is 2. The average Bonchev–Trinajstić information content (AvgIpc) is 3.14. The first-order valence-electron chi connectivity index (χ1n) is 11.4. The van der Waals surface area contributed by atoms with Crippen molar-refractivity contribution in [1.29, 1.82) is 5.26 Å². The minimum Gasteiger partial charge on any atom is -0.376 e. The molecule has 2 atom stereocenters. The van der Waals surface area contributed by atoms with Gasteiger partial charge in [-0.15, -0.1) is 0 Å². The van der Waals surface area contributed by atoms with Crippen LogP contribution in [-0.4, -0.2) is 55.6 Å². The number of hydrogen-bond donors (Lipinski definition) is 2. The van der Waals surface area contributed by atoms with Crippen LogP contribution in [0.25, 0.3) is 16.9 Å². The molecule has 1 saturated carbocycles. The Kier molecular flexibility index (Phi) is 5.04. The Balaban J connectivity index is 1.52. The summed E-state index contributed by atoms with van der Waals surface area (Å²) < 4.78 is 6.87. The molecule has 3 N–H and O–H groups in total. The van der Waals surface area contributed by atoms with E-state index in [1.807, 2.05) is 13.8 Å². The van der Waals surface area contributed by atoms with Gasteiger partial charge in [-0.2, -0.15) is 10.4 Å². The summed E-state index contributed by atoms with van der Waals surface area (Å²) >= 11 is 0. The van der Waals surface area contributed by atoms with Crippen molar-refractivity contribution in [2.24, 2.45) is 17.1 Å². The van der Waals surface area contributed by atoms with Crippen molar-refractivity contribution in [3.05, 3.63) is 29.4 Å². The monoisotopic (exact) mass is 462 g/mol. The summed E-state index contributed by atoms with van der Waals surface area (Å²) in [5.74, 6) is 0.0476. The van der Waals surface area contributed by atoms with Gasteiger partial charge in [-0.3, -0.25) is 9.59 Å². The molecule has 2 amide bonds. The number of nitrogens with zero attached hydrogens (tertiary/aromatic N) is 6. The fourth-order valence-corrected chi connectivity index (χ4v) is 4.83. The molecule has 1 saturated heterocycles. The Morgan fingerprint density at radius 1 is 1.35 bits per heavy atom. The van der Waals surface area contributed by atoms with Crippen LogP contribution in [0.3, 0.4) is 0 Å². The summed E-state index contributed by atoms with van der Waals surface area (Å²) in [6.07, 6.45) is 5.23. The van der Waals surface area contributed by atoms with Crippen LogP contribution in [0.15, 0.2) is 16.9 Å². The SMILES string of the molecule is CC[C@H]1CN(C(=O)C2(C#N)CC2)C[C@H]1Nc1c(C(N)=O)cnn2cc(-c3c(C)noc3C)nc12. The minimum atomic E-state index is -0.859. The lowest BCUT2D eigenvalue weighted by molar-refractivity contribution is -0.134. The number of aryl methyl sites for hydroxylation is 2. The lowest BCUT2D eigenvalue weighted by Gasteiger charge is -2.21. The lowest BCUT2D eigenvalue weighted by Crippen LogP contribution is -2.36. The highest BCUT2D eigenvalue weighted by molar-refractivity contribution is 6.01. The highest BCUT2D eigenvalue weighted by atomic mass is 16.5. The van der Waals surface area contributed by atoms with Crippen molar-refractivity contribution in [2.75, 3.05) is 18.4 Å². The second kappa shape index (κ2) is 7.83. The highest BCUT2D eigenvalue weighted by Crippen LogP contribution is 2.47. The maximum absolute atomic E-state index is 13.0. The number of nitrogens with two attached hydrogens (primary N) is 1. The van der Waals surface area contributed by atoms with E-state index >= 15 is 0 Å². The number of amides is 2.